The van der Waals surface area contributed by atoms with Crippen molar-refractivity contribution in [3.05, 3.63) is 66.4 Å². The maximum atomic E-state index is 12.3. The van der Waals surface area contributed by atoms with Crippen LogP contribution < -0.4 is 14.8 Å². The molecule has 1 amide bonds. The Labute approximate surface area is 177 Å². The Kier molecular flexibility index (Phi) is 5.03. The summed E-state index contributed by atoms with van der Waals surface area (Å²) < 4.78 is 12.3. The first-order valence-corrected chi connectivity index (χ1v) is 10.6. The summed E-state index contributed by atoms with van der Waals surface area (Å²) in [5.41, 5.74) is 2.95. The summed E-state index contributed by atoms with van der Waals surface area (Å²) in [6.07, 6.45) is 2.72. The van der Waals surface area contributed by atoms with E-state index in [9.17, 15) is 4.79 Å². The van der Waals surface area contributed by atoms with E-state index in [1.165, 1.54) is 0 Å². The van der Waals surface area contributed by atoms with Crippen LogP contribution >= 0.6 is 11.3 Å². The maximum Gasteiger partial charge on any atom is 0.225 e. The van der Waals surface area contributed by atoms with Crippen LogP contribution in [0.15, 0.2) is 60.8 Å². The number of carbonyl (C=O) groups excluding carboxylic acids is 1. The highest BCUT2D eigenvalue weighted by Gasteiger charge is 2.13. The predicted molar refractivity (Wildman–Crippen MR) is 117 cm³/mol. The second-order valence-electron chi connectivity index (χ2n) is 6.95. The Morgan fingerprint density at radius 1 is 1.03 bits per heavy atom. The largest absolute Gasteiger partial charge is 0.486 e. The molecule has 0 saturated heterocycles. The van der Waals surface area contributed by atoms with Crippen LogP contribution in [0.5, 0.6) is 11.5 Å². The molecule has 3 heterocycles. The average molecular weight is 417 g/mol. The van der Waals surface area contributed by atoms with E-state index in [0.29, 0.717) is 31.9 Å². The van der Waals surface area contributed by atoms with Gasteiger partial charge in [0.05, 0.1) is 10.2 Å². The van der Waals surface area contributed by atoms with Crippen molar-refractivity contribution >= 4 is 33.3 Å². The van der Waals surface area contributed by atoms with Crippen LogP contribution in [-0.4, -0.2) is 29.1 Å². The minimum atomic E-state index is -0.0786. The summed E-state index contributed by atoms with van der Waals surface area (Å²) in [7, 11) is 0. The third-order valence-corrected chi connectivity index (χ3v) is 5.90. The van der Waals surface area contributed by atoms with Crippen molar-refractivity contribution in [1.82, 2.24) is 9.97 Å². The van der Waals surface area contributed by atoms with Crippen molar-refractivity contribution < 1.29 is 14.3 Å². The summed E-state index contributed by atoms with van der Waals surface area (Å²) in [6.45, 7) is 1.12. The number of nitrogens with one attached hydrogen (secondary N) is 1. The lowest BCUT2D eigenvalue weighted by Crippen LogP contribution is -2.16. The molecular formula is C23H19N3O3S. The number of benzene rings is 2. The van der Waals surface area contributed by atoms with E-state index >= 15 is 0 Å². The number of para-hydroxylation sites is 1. The van der Waals surface area contributed by atoms with Crippen LogP contribution in [0.1, 0.15) is 12.0 Å². The lowest BCUT2D eigenvalue weighted by atomic mass is 10.1. The Morgan fingerprint density at radius 3 is 2.73 bits per heavy atom. The number of thiazole rings is 1. The lowest BCUT2D eigenvalue weighted by molar-refractivity contribution is -0.116. The summed E-state index contributed by atoms with van der Waals surface area (Å²) in [5.74, 6) is 1.95. The van der Waals surface area contributed by atoms with E-state index in [4.69, 9.17) is 9.47 Å². The number of anilines is 1. The molecule has 6 nitrogen and oxygen atoms in total. The van der Waals surface area contributed by atoms with E-state index in [1.54, 1.807) is 17.5 Å². The first kappa shape index (κ1) is 18.6. The van der Waals surface area contributed by atoms with Crippen molar-refractivity contribution in [3.63, 3.8) is 0 Å². The molecule has 30 heavy (non-hydrogen) atoms. The molecule has 7 heteroatoms. The van der Waals surface area contributed by atoms with Crippen molar-refractivity contribution in [3.8, 4) is 22.1 Å². The number of ether oxygens (including phenoxy) is 2. The van der Waals surface area contributed by atoms with Crippen LogP contribution in [0.25, 0.3) is 20.8 Å². The molecule has 0 aliphatic carbocycles. The fourth-order valence-corrected chi connectivity index (χ4v) is 4.25. The van der Waals surface area contributed by atoms with Gasteiger partial charge in [-0.15, -0.1) is 11.3 Å². The molecule has 4 aromatic rings. The number of hydrogen-bond acceptors (Lipinski definition) is 6. The normalized spacial score (nSPS) is 12.7. The summed E-state index contributed by atoms with van der Waals surface area (Å²) >= 11 is 1.63. The highest BCUT2D eigenvalue weighted by molar-refractivity contribution is 7.21. The van der Waals surface area contributed by atoms with Gasteiger partial charge in [0.1, 0.15) is 24.0 Å². The summed E-state index contributed by atoms with van der Waals surface area (Å²) in [4.78, 5) is 21.3. The van der Waals surface area contributed by atoms with Crippen LogP contribution in [0, 0.1) is 0 Å². The van der Waals surface area contributed by atoms with Gasteiger partial charge in [-0.1, -0.05) is 18.2 Å². The molecule has 0 saturated carbocycles. The van der Waals surface area contributed by atoms with E-state index in [0.717, 1.165) is 37.9 Å². The SMILES string of the molecule is O=C(CCc1ccc2c(c1)OCCO2)Nc1ccc(-c2nc3ccccc3s2)cn1. The molecule has 0 spiro atoms. The topological polar surface area (TPSA) is 73.3 Å². The first-order valence-electron chi connectivity index (χ1n) is 9.75. The third-order valence-electron chi connectivity index (χ3n) is 4.82. The molecule has 0 unspecified atom stereocenters. The minimum Gasteiger partial charge on any atom is -0.486 e. The van der Waals surface area contributed by atoms with E-state index in [1.807, 2.05) is 48.5 Å². The van der Waals surface area contributed by atoms with Gasteiger partial charge < -0.3 is 14.8 Å². The van der Waals surface area contributed by atoms with Gasteiger partial charge in [-0.2, -0.15) is 0 Å². The number of amides is 1. The van der Waals surface area contributed by atoms with E-state index in [-0.39, 0.29) is 5.91 Å². The number of aryl methyl sites for hydroxylation is 1. The van der Waals surface area contributed by atoms with Gasteiger partial charge in [0, 0.05) is 18.2 Å². The summed E-state index contributed by atoms with van der Waals surface area (Å²) in [5, 5.41) is 3.77. The van der Waals surface area contributed by atoms with Gasteiger partial charge in [-0.05, 0) is 48.4 Å². The van der Waals surface area contributed by atoms with Gasteiger partial charge in [0.2, 0.25) is 5.91 Å². The molecule has 150 valence electrons. The molecule has 5 rings (SSSR count). The monoisotopic (exact) mass is 417 g/mol. The molecule has 2 aromatic heterocycles. The molecule has 0 atom stereocenters. The number of hydrogen-bond donors (Lipinski definition) is 1. The standard InChI is InChI=1S/C23H19N3O3S/c27-22(10-6-15-5-8-18-19(13-15)29-12-11-28-18)26-21-9-7-16(14-24-21)23-25-17-3-1-2-4-20(17)30-23/h1-5,7-9,13-14H,6,10-12H2,(H,24,26,27). The number of rotatable bonds is 5. The number of aromatic nitrogens is 2. The van der Waals surface area contributed by atoms with Crippen LogP contribution in [0.3, 0.4) is 0 Å². The van der Waals surface area contributed by atoms with Crippen molar-refractivity contribution in [1.29, 1.82) is 0 Å². The second kappa shape index (κ2) is 8.12. The van der Waals surface area contributed by atoms with Gasteiger partial charge in [0.15, 0.2) is 11.5 Å². The molecule has 1 N–H and O–H groups in total. The minimum absolute atomic E-state index is 0.0786. The molecule has 0 bridgehead atoms. The zero-order valence-electron chi connectivity index (χ0n) is 16.1. The molecular weight excluding hydrogens is 398 g/mol. The second-order valence-corrected chi connectivity index (χ2v) is 7.98. The third kappa shape index (κ3) is 3.97. The van der Waals surface area contributed by atoms with Gasteiger partial charge in [-0.25, -0.2) is 9.97 Å². The Balaban J connectivity index is 1.20. The van der Waals surface area contributed by atoms with Crippen molar-refractivity contribution in [2.24, 2.45) is 0 Å². The van der Waals surface area contributed by atoms with Crippen molar-refractivity contribution in [2.75, 3.05) is 18.5 Å². The van der Waals surface area contributed by atoms with Crippen LogP contribution in [0.4, 0.5) is 5.82 Å². The Hall–Kier alpha value is -3.45. The summed E-state index contributed by atoms with van der Waals surface area (Å²) in [6, 6.07) is 17.6. The number of fused-ring (bicyclic) bond motifs is 2. The Morgan fingerprint density at radius 2 is 1.90 bits per heavy atom. The van der Waals surface area contributed by atoms with Crippen LogP contribution in [-0.2, 0) is 11.2 Å². The average Bonchev–Trinajstić information content (AvgIpc) is 3.22. The molecule has 0 fully saturated rings. The van der Waals surface area contributed by atoms with Gasteiger partial charge >= 0.3 is 0 Å². The zero-order chi connectivity index (χ0) is 20.3. The van der Waals surface area contributed by atoms with Gasteiger partial charge in [-0.3, -0.25) is 4.79 Å². The zero-order valence-corrected chi connectivity index (χ0v) is 16.9. The first-order chi connectivity index (χ1) is 14.7. The lowest BCUT2D eigenvalue weighted by Gasteiger charge is -2.18. The highest BCUT2D eigenvalue weighted by Crippen LogP contribution is 2.31. The molecule has 2 aromatic carbocycles. The smallest absolute Gasteiger partial charge is 0.225 e. The number of pyridine rings is 1. The van der Waals surface area contributed by atoms with Crippen LogP contribution in [0.2, 0.25) is 0 Å². The number of nitrogens with zero attached hydrogens (tertiary/aromatic N) is 2. The fourth-order valence-electron chi connectivity index (χ4n) is 3.30. The maximum absolute atomic E-state index is 12.3. The predicted octanol–water partition coefficient (Wildman–Crippen LogP) is 4.70. The molecule has 1 aliphatic heterocycles. The van der Waals surface area contributed by atoms with E-state index < -0.39 is 0 Å². The Bertz CT molecular complexity index is 1170. The van der Waals surface area contributed by atoms with Crippen molar-refractivity contribution in [2.45, 2.75) is 12.8 Å². The molecule has 0 radical (unpaired) electrons. The number of carbonyl (C=O) groups is 1. The van der Waals surface area contributed by atoms with Gasteiger partial charge in [0.25, 0.3) is 0 Å². The van der Waals surface area contributed by atoms with E-state index in [2.05, 4.69) is 21.4 Å². The highest BCUT2D eigenvalue weighted by atomic mass is 32.1. The molecule has 1 aliphatic rings. The fraction of sp³-hybridized carbons (Fsp3) is 0.174. The quantitative estimate of drug-likeness (QED) is 0.509.